The molecule has 0 aromatic heterocycles. The Morgan fingerprint density at radius 1 is 1.10 bits per heavy atom. The molecular formula is C12H18ClNO5S2. The Bertz CT molecular complexity index is 673. The number of nitrogens with zero attached hydrogens (tertiary/aromatic N) is 1. The molecule has 0 heterocycles. The van der Waals surface area contributed by atoms with E-state index in [4.69, 9.17) is 15.4 Å². The van der Waals surface area contributed by atoms with E-state index in [0.29, 0.717) is 6.61 Å². The van der Waals surface area contributed by atoms with E-state index >= 15 is 0 Å². The van der Waals surface area contributed by atoms with Crippen molar-refractivity contribution in [2.45, 2.75) is 23.6 Å². The van der Waals surface area contributed by atoms with Crippen LogP contribution in [0.1, 0.15) is 13.8 Å². The first-order chi connectivity index (χ1) is 9.75. The summed E-state index contributed by atoms with van der Waals surface area (Å²) in [6.07, 6.45) is 0. The molecule has 21 heavy (non-hydrogen) atoms. The predicted molar refractivity (Wildman–Crippen MR) is 80.4 cm³/mol. The van der Waals surface area contributed by atoms with E-state index in [0.717, 1.165) is 4.31 Å². The summed E-state index contributed by atoms with van der Waals surface area (Å²) in [6.45, 7) is 4.53. The van der Waals surface area contributed by atoms with Gasteiger partial charge in [0.1, 0.15) is 9.79 Å². The number of rotatable bonds is 8. The van der Waals surface area contributed by atoms with E-state index in [1.54, 1.807) is 13.8 Å². The molecule has 120 valence electrons. The van der Waals surface area contributed by atoms with Gasteiger partial charge < -0.3 is 4.74 Å². The van der Waals surface area contributed by atoms with Crippen LogP contribution in [0, 0.1) is 0 Å². The van der Waals surface area contributed by atoms with E-state index in [9.17, 15) is 16.8 Å². The first-order valence-electron chi connectivity index (χ1n) is 6.36. The van der Waals surface area contributed by atoms with Gasteiger partial charge in [-0.15, -0.1) is 0 Å². The van der Waals surface area contributed by atoms with Crippen LogP contribution in [0.5, 0.6) is 0 Å². The fourth-order valence-electron chi connectivity index (χ4n) is 1.76. The summed E-state index contributed by atoms with van der Waals surface area (Å²) >= 11 is 0. The maximum absolute atomic E-state index is 12.6. The van der Waals surface area contributed by atoms with Gasteiger partial charge in [-0.2, -0.15) is 4.31 Å². The maximum atomic E-state index is 12.6. The Morgan fingerprint density at radius 2 is 1.67 bits per heavy atom. The molecule has 0 N–H and O–H groups in total. The smallest absolute Gasteiger partial charge is 0.262 e. The molecule has 0 bridgehead atoms. The molecule has 0 radical (unpaired) electrons. The monoisotopic (exact) mass is 355 g/mol. The molecule has 0 fully saturated rings. The zero-order chi connectivity index (χ0) is 16.1. The van der Waals surface area contributed by atoms with Gasteiger partial charge in [-0.1, -0.05) is 19.1 Å². The molecule has 0 atom stereocenters. The topological polar surface area (TPSA) is 80.8 Å². The molecule has 1 rings (SSSR count). The van der Waals surface area contributed by atoms with Crippen LogP contribution in [0.4, 0.5) is 0 Å². The summed E-state index contributed by atoms with van der Waals surface area (Å²) in [4.78, 5) is -0.736. The molecular weight excluding hydrogens is 338 g/mol. The predicted octanol–water partition coefficient (Wildman–Crippen LogP) is 1.66. The largest absolute Gasteiger partial charge is 0.380 e. The van der Waals surface area contributed by atoms with Crippen molar-refractivity contribution in [2.75, 3.05) is 26.3 Å². The second-order valence-corrected chi connectivity index (χ2v) is 8.52. The van der Waals surface area contributed by atoms with Gasteiger partial charge in [-0.25, -0.2) is 16.8 Å². The lowest BCUT2D eigenvalue weighted by Crippen LogP contribution is -2.34. The van der Waals surface area contributed by atoms with E-state index in [-0.39, 0.29) is 24.6 Å². The first-order valence-corrected chi connectivity index (χ1v) is 10.1. The SMILES string of the molecule is CCOCCN(CC)S(=O)(=O)c1ccccc1S(=O)(=O)Cl. The Labute approximate surface area is 130 Å². The van der Waals surface area contributed by atoms with Crippen molar-refractivity contribution in [1.29, 1.82) is 0 Å². The summed E-state index contributed by atoms with van der Waals surface area (Å²) in [6, 6.07) is 5.28. The van der Waals surface area contributed by atoms with Crippen molar-refractivity contribution in [3.63, 3.8) is 0 Å². The van der Waals surface area contributed by atoms with Crippen LogP contribution in [-0.2, 0) is 23.8 Å². The molecule has 0 saturated heterocycles. The van der Waals surface area contributed by atoms with Gasteiger partial charge in [0.05, 0.1) is 6.61 Å². The van der Waals surface area contributed by atoms with E-state index in [1.807, 2.05) is 0 Å². The molecule has 0 saturated carbocycles. The average Bonchev–Trinajstić information content (AvgIpc) is 2.42. The van der Waals surface area contributed by atoms with E-state index in [2.05, 4.69) is 0 Å². The van der Waals surface area contributed by atoms with Crippen LogP contribution in [-0.4, -0.2) is 47.4 Å². The molecule has 9 heteroatoms. The van der Waals surface area contributed by atoms with Crippen molar-refractivity contribution >= 4 is 29.8 Å². The van der Waals surface area contributed by atoms with E-state index in [1.165, 1.54) is 24.3 Å². The quantitative estimate of drug-likeness (QED) is 0.523. The lowest BCUT2D eigenvalue weighted by molar-refractivity contribution is 0.135. The van der Waals surface area contributed by atoms with E-state index < -0.39 is 24.0 Å². The van der Waals surface area contributed by atoms with Crippen LogP contribution in [0.2, 0.25) is 0 Å². The normalized spacial score (nSPS) is 12.8. The number of hydrogen-bond donors (Lipinski definition) is 0. The minimum atomic E-state index is -4.15. The van der Waals surface area contributed by atoms with Gasteiger partial charge in [-0.05, 0) is 19.1 Å². The van der Waals surface area contributed by atoms with Crippen LogP contribution >= 0.6 is 10.7 Å². The van der Waals surface area contributed by atoms with Gasteiger partial charge >= 0.3 is 0 Å². The Balaban J connectivity index is 3.24. The summed E-state index contributed by atoms with van der Waals surface area (Å²) in [5, 5.41) is 0. The third-order valence-electron chi connectivity index (χ3n) is 2.77. The second kappa shape index (κ2) is 7.55. The number of ether oxygens (including phenoxy) is 1. The van der Waals surface area contributed by atoms with Crippen molar-refractivity contribution in [3.8, 4) is 0 Å². The molecule has 0 aliphatic heterocycles. The zero-order valence-corrected chi connectivity index (χ0v) is 14.2. The van der Waals surface area contributed by atoms with Gasteiger partial charge in [0.2, 0.25) is 10.0 Å². The van der Waals surface area contributed by atoms with Crippen molar-refractivity contribution in [3.05, 3.63) is 24.3 Å². The minimum Gasteiger partial charge on any atom is -0.380 e. The van der Waals surface area contributed by atoms with Crippen LogP contribution in [0.25, 0.3) is 0 Å². The maximum Gasteiger partial charge on any atom is 0.262 e. The molecule has 0 aliphatic carbocycles. The number of sulfonamides is 1. The fraction of sp³-hybridized carbons (Fsp3) is 0.500. The lowest BCUT2D eigenvalue weighted by atomic mass is 10.4. The number of benzene rings is 1. The third kappa shape index (κ3) is 4.65. The highest BCUT2D eigenvalue weighted by molar-refractivity contribution is 8.14. The lowest BCUT2D eigenvalue weighted by Gasteiger charge is -2.21. The molecule has 0 spiro atoms. The van der Waals surface area contributed by atoms with Gasteiger partial charge in [0.25, 0.3) is 9.05 Å². The third-order valence-corrected chi connectivity index (χ3v) is 6.31. The summed E-state index contributed by atoms with van der Waals surface area (Å²) in [7, 11) is -2.80. The molecule has 0 unspecified atom stereocenters. The Morgan fingerprint density at radius 3 is 2.14 bits per heavy atom. The highest BCUT2D eigenvalue weighted by atomic mass is 35.7. The van der Waals surface area contributed by atoms with Crippen molar-refractivity contribution < 1.29 is 21.6 Å². The zero-order valence-electron chi connectivity index (χ0n) is 11.8. The second-order valence-electron chi connectivity index (χ2n) is 4.08. The molecule has 1 aromatic rings. The minimum absolute atomic E-state index is 0.142. The van der Waals surface area contributed by atoms with Gasteiger partial charge in [-0.3, -0.25) is 0 Å². The first kappa shape index (κ1) is 18.4. The van der Waals surface area contributed by atoms with Gasteiger partial charge in [0, 0.05) is 30.4 Å². The highest BCUT2D eigenvalue weighted by Crippen LogP contribution is 2.26. The fourth-order valence-corrected chi connectivity index (χ4v) is 5.00. The molecule has 6 nitrogen and oxygen atoms in total. The van der Waals surface area contributed by atoms with Crippen LogP contribution in [0.3, 0.4) is 0 Å². The number of hydrogen-bond acceptors (Lipinski definition) is 5. The molecule has 0 amide bonds. The van der Waals surface area contributed by atoms with Crippen molar-refractivity contribution in [1.82, 2.24) is 4.31 Å². The van der Waals surface area contributed by atoms with Gasteiger partial charge in [0.15, 0.2) is 0 Å². The summed E-state index contributed by atoms with van der Waals surface area (Å²) < 4.78 is 54.5. The molecule has 0 aliphatic rings. The van der Waals surface area contributed by atoms with Crippen molar-refractivity contribution in [2.24, 2.45) is 0 Å². The average molecular weight is 356 g/mol. The summed E-state index contributed by atoms with van der Waals surface area (Å²) in [5.41, 5.74) is 0. The van der Waals surface area contributed by atoms with Crippen LogP contribution < -0.4 is 0 Å². The highest BCUT2D eigenvalue weighted by Gasteiger charge is 2.29. The molecule has 1 aromatic carbocycles. The Hall–Kier alpha value is -0.670. The Kier molecular flexibility index (Phi) is 6.61. The number of halogens is 1. The number of likely N-dealkylation sites (N-methyl/N-ethyl adjacent to an activating group) is 1. The summed E-state index contributed by atoms with van der Waals surface area (Å²) in [5.74, 6) is 0. The standard InChI is InChI=1S/C12H18ClNO5S2/c1-3-14(9-10-19-4-2)21(17,18)12-8-6-5-7-11(12)20(13,15)16/h5-8H,3-4,9-10H2,1-2H3. The van der Waals surface area contributed by atoms with Crippen LogP contribution in [0.15, 0.2) is 34.1 Å².